The molecule has 1 aromatic carbocycles. The van der Waals surface area contributed by atoms with Gasteiger partial charge in [0.15, 0.2) is 5.82 Å². The number of pyridine rings is 1. The first-order valence-electron chi connectivity index (χ1n) is 10.9. The number of hydrogen-bond donors (Lipinski definition) is 1. The van der Waals surface area contributed by atoms with E-state index in [1.165, 1.54) is 35.5 Å². The largest absolute Gasteiger partial charge is 0.341 e. The SMILES string of the molecule is O=C(N1CCN(c2ncc(F)c(-c3ccc(=O)[nH]c3)n2)CC1)N1N=CCC1c1cc(F)cc(F)c1. The van der Waals surface area contributed by atoms with Gasteiger partial charge < -0.3 is 14.8 Å². The van der Waals surface area contributed by atoms with Gasteiger partial charge in [-0.3, -0.25) is 4.79 Å². The first kappa shape index (κ1) is 22.6. The molecule has 1 fully saturated rings. The number of amides is 2. The number of aromatic nitrogens is 3. The Kier molecular flexibility index (Phi) is 5.93. The Labute approximate surface area is 197 Å². The van der Waals surface area contributed by atoms with Crippen molar-refractivity contribution in [2.24, 2.45) is 5.10 Å². The molecule has 12 heteroatoms. The van der Waals surface area contributed by atoms with E-state index in [1.54, 1.807) is 11.1 Å². The Balaban J connectivity index is 1.28. The monoisotopic (exact) mass is 483 g/mol. The highest BCUT2D eigenvalue weighted by Crippen LogP contribution is 2.30. The topological polar surface area (TPSA) is 97.8 Å². The second kappa shape index (κ2) is 9.20. The Hall–Kier alpha value is -4.22. The average molecular weight is 483 g/mol. The lowest BCUT2D eigenvalue weighted by atomic mass is 10.0. The van der Waals surface area contributed by atoms with Crippen LogP contribution in [0.3, 0.4) is 0 Å². The fourth-order valence-corrected chi connectivity index (χ4v) is 4.16. The summed E-state index contributed by atoms with van der Waals surface area (Å²) in [6.45, 7) is 1.42. The molecule has 5 rings (SSSR count). The summed E-state index contributed by atoms with van der Waals surface area (Å²) >= 11 is 0. The molecule has 1 unspecified atom stereocenters. The number of carbonyl (C=O) groups is 1. The fourth-order valence-electron chi connectivity index (χ4n) is 4.16. The molecule has 9 nitrogen and oxygen atoms in total. The van der Waals surface area contributed by atoms with E-state index in [4.69, 9.17) is 0 Å². The van der Waals surface area contributed by atoms with E-state index in [1.807, 2.05) is 4.90 Å². The number of aromatic amines is 1. The standard InChI is InChI=1S/C23H20F3N7O2/c24-16-9-15(10-17(25)11-16)19-3-4-29-33(19)23(35)32-7-5-31(6-8-32)22-28-13-18(26)21(30-22)14-1-2-20(34)27-12-14/h1-2,4,9-13,19H,3,5-8H2,(H,27,34). The molecule has 1 N–H and O–H groups in total. The molecule has 3 aromatic rings. The highest BCUT2D eigenvalue weighted by molar-refractivity contribution is 5.78. The van der Waals surface area contributed by atoms with Crippen molar-refractivity contribution in [3.8, 4) is 11.3 Å². The summed E-state index contributed by atoms with van der Waals surface area (Å²) in [7, 11) is 0. The lowest BCUT2D eigenvalue weighted by molar-refractivity contribution is 0.139. The predicted octanol–water partition coefficient (Wildman–Crippen LogP) is 2.92. The highest BCUT2D eigenvalue weighted by Gasteiger charge is 2.34. The van der Waals surface area contributed by atoms with Crippen LogP contribution < -0.4 is 10.5 Å². The first-order chi connectivity index (χ1) is 16.9. The van der Waals surface area contributed by atoms with Crippen molar-refractivity contribution in [2.45, 2.75) is 12.5 Å². The molecule has 0 aliphatic carbocycles. The van der Waals surface area contributed by atoms with Crippen molar-refractivity contribution in [1.82, 2.24) is 24.9 Å². The smallest absolute Gasteiger partial charge is 0.337 e. The number of nitrogens with one attached hydrogen (secondary N) is 1. The van der Waals surface area contributed by atoms with Crippen molar-refractivity contribution in [2.75, 3.05) is 31.1 Å². The van der Waals surface area contributed by atoms with Crippen LogP contribution in [0.4, 0.5) is 23.9 Å². The molecule has 0 bridgehead atoms. The van der Waals surface area contributed by atoms with Gasteiger partial charge in [-0.15, -0.1) is 0 Å². The molecular weight excluding hydrogens is 463 g/mol. The number of carbonyl (C=O) groups excluding carboxylic acids is 1. The zero-order chi connectivity index (χ0) is 24.5. The minimum absolute atomic E-state index is 0.0568. The number of H-pyrrole nitrogens is 1. The van der Waals surface area contributed by atoms with Crippen molar-refractivity contribution in [1.29, 1.82) is 0 Å². The highest BCUT2D eigenvalue weighted by atomic mass is 19.1. The molecule has 1 atom stereocenters. The summed E-state index contributed by atoms with van der Waals surface area (Å²) in [5.41, 5.74) is 0.491. The lowest BCUT2D eigenvalue weighted by Crippen LogP contribution is -2.52. The van der Waals surface area contributed by atoms with Crippen molar-refractivity contribution in [3.63, 3.8) is 0 Å². The van der Waals surface area contributed by atoms with Crippen LogP contribution in [0.5, 0.6) is 0 Å². The molecule has 4 heterocycles. The van der Waals surface area contributed by atoms with Gasteiger partial charge in [-0.05, 0) is 23.8 Å². The molecular formula is C23H20F3N7O2. The molecule has 180 valence electrons. The third-order valence-electron chi connectivity index (χ3n) is 5.92. The van der Waals surface area contributed by atoms with E-state index in [2.05, 4.69) is 20.1 Å². The number of hydrazone groups is 1. The van der Waals surface area contributed by atoms with Crippen LogP contribution in [0.2, 0.25) is 0 Å². The molecule has 2 amide bonds. The van der Waals surface area contributed by atoms with Gasteiger partial charge in [0, 0.05) is 62.7 Å². The molecule has 0 spiro atoms. The fraction of sp³-hybridized carbons (Fsp3) is 0.261. The number of anilines is 1. The van der Waals surface area contributed by atoms with E-state index in [9.17, 15) is 22.8 Å². The molecule has 1 saturated heterocycles. The van der Waals surface area contributed by atoms with E-state index in [0.717, 1.165) is 12.3 Å². The second-order valence-corrected chi connectivity index (χ2v) is 8.16. The van der Waals surface area contributed by atoms with Gasteiger partial charge in [0.25, 0.3) is 0 Å². The van der Waals surface area contributed by atoms with Crippen molar-refractivity contribution in [3.05, 3.63) is 76.1 Å². The third kappa shape index (κ3) is 4.59. The van der Waals surface area contributed by atoms with Crippen LogP contribution in [0, 0.1) is 17.5 Å². The quantitative estimate of drug-likeness (QED) is 0.618. The van der Waals surface area contributed by atoms with Gasteiger partial charge in [-0.25, -0.2) is 32.9 Å². The van der Waals surface area contributed by atoms with Gasteiger partial charge in [-0.2, -0.15) is 5.10 Å². The zero-order valence-electron chi connectivity index (χ0n) is 18.4. The van der Waals surface area contributed by atoms with Crippen molar-refractivity contribution >= 4 is 18.2 Å². The number of piperazine rings is 1. The molecule has 2 aliphatic heterocycles. The Morgan fingerprint density at radius 2 is 1.77 bits per heavy atom. The summed E-state index contributed by atoms with van der Waals surface area (Å²) in [6.07, 6.45) is 4.35. The number of benzene rings is 1. The van der Waals surface area contributed by atoms with Crippen LogP contribution >= 0.6 is 0 Å². The molecule has 35 heavy (non-hydrogen) atoms. The van der Waals surface area contributed by atoms with Gasteiger partial charge in [-0.1, -0.05) is 0 Å². The van der Waals surface area contributed by atoms with Gasteiger partial charge >= 0.3 is 6.03 Å². The first-order valence-corrected chi connectivity index (χ1v) is 10.9. The van der Waals surface area contributed by atoms with Crippen LogP contribution in [0.15, 0.2) is 52.6 Å². The summed E-state index contributed by atoms with van der Waals surface area (Å²) < 4.78 is 41.7. The lowest BCUT2D eigenvalue weighted by Gasteiger charge is -2.37. The summed E-state index contributed by atoms with van der Waals surface area (Å²) in [5.74, 6) is -1.75. The van der Waals surface area contributed by atoms with E-state index >= 15 is 0 Å². The minimum atomic E-state index is -0.714. The van der Waals surface area contributed by atoms with E-state index < -0.39 is 23.5 Å². The maximum Gasteiger partial charge on any atom is 0.341 e. The van der Waals surface area contributed by atoms with Crippen LogP contribution in [0.1, 0.15) is 18.0 Å². The average Bonchev–Trinajstić information content (AvgIpc) is 3.34. The Morgan fingerprint density at radius 1 is 1.03 bits per heavy atom. The molecule has 0 radical (unpaired) electrons. The van der Waals surface area contributed by atoms with Crippen LogP contribution in [-0.2, 0) is 0 Å². The minimum Gasteiger partial charge on any atom is -0.337 e. The predicted molar refractivity (Wildman–Crippen MR) is 121 cm³/mol. The van der Waals surface area contributed by atoms with E-state index in [-0.39, 0.29) is 17.3 Å². The van der Waals surface area contributed by atoms with Crippen molar-refractivity contribution < 1.29 is 18.0 Å². The second-order valence-electron chi connectivity index (χ2n) is 8.16. The maximum absolute atomic E-state index is 14.3. The number of halogens is 3. The zero-order valence-corrected chi connectivity index (χ0v) is 18.4. The third-order valence-corrected chi connectivity index (χ3v) is 5.92. The number of nitrogens with zero attached hydrogens (tertiary/aromatic N) is 6. The number of hydrogen-bond acceptors (Lipinski definition) is 6. The summed E-state index contributed by atoms with van der Waals surface area (Å²) in [4.78, 5) is 38.7. The Bertz CT molecular complexity index is 1310. The summed E-state index contributed by atoms with van der Waals surface area (Å²) in [5, 5.41) is 5.38. The molecule has 2 aromatic heterocycles. The summed E-state index contributed by atoms with van der Waals surface area (Å²) in [6, 6.07) is 4.98. The Morgan fingerprint density at radius 3 is 2.46 bits per heavy atom. The maximum atomic E-state index is 14.3. The van der Waals surface area contributed by atoms with Crippen LogP contribution in [0.25, 0.3) is 11.3 Å². The van der Waals surface area contributed by atoms with E-state index in [0.29, 0.717) is 49.7 Å². The molecule has 2 aliphatic rings. The van der Waals surface area contributed by atoms with Gasteiger partial charge in [0.1, 0.15) is 17.3 Å². The van der Waals surface area contributed by atoms with Gasteiger partial charge in [0.2, 0.25) is 11.5 Å². The number of rotatable bonds is 3. The number of urea groups is 1. The van der Waals surface area contributed by atoms with Gasteiger partial charge in [0.05, 0.1) is 12.2 Å². The molecule has 0 saturated carbocycles. The normalized spacial score (nSPS) is 17.8. The van der Waals surface area contributed by atoms with Crippen LogP contribution in [-0.4, -0.2) is 63.3 Å².